The summed E-state index contributed by atoms with van der Waals surface area (Å²) < 4.78 is 11.2. The first-order valence-electron chi connectivity index (χ1n) is 6.95. The lowest BCUT2D eigenvalue weighted by molar-refractivity contribution is -0.121. The van der Waals surface area contributed by atoms with Gasteiger partial charge in [0.2, 0.25) is 5.91 Å². The summed E-state index contributed by atoms with van der Waals surface area (Å²) in [6, 6.07) is 3.98. The standard InChI is InChI=1S/C15H20N2O3/c1-9-5-10-6-12(19-2)7-11(13(10)20-9)8-17-15(3-4-15)14(16)18/h6-7,9,17H,3-5,8H2,1-2H3,(H2,16,18). The van der Waals surface area contributed by atoms with Crippen molar-refractivity contribution < 1.29 is 14.3 Å². The summed E-state index contributed by atoms with van der Waals surface area (Å²) in [6.07, 6.45) is 2.69. The molecule has 2 aliphatic rings. The predicted molar refractivity (Wildman–Crippen MR) is 74.8 cm³/mol. The van der Waals surface area contributed by atoms with E-state index in [0.717, 1.165) is 41.9 Å². The van der Waals surface area contributed by atoms with Gasteiger partial charge in [-0.2, -0.15) is 0 Å². The number of benzene rings is 1. The van der Waals surface area contributed by atoms with Crippen LogP contribution in [0.4, 0.5) is 0 Å². The van der Waals surface area contributed by atoms with Crippen molar-refractivity contribution >= 4 is 5.91 Å². The van der Waals surface area contributed by atoms with Crippen molar-refractivity contribution in [3.05, 3.63) is 23.3 Å². The maximum atomic E-state index is 11.4. The normalized spacial score (nSPS) is 22.0. The number of carbonyl (C=O) groups is 1. The Balaban J connectivity index is 1.82. The Morgan fingerprint density at radius 1 is 1.55 bits per heavy atom. The smallest absolute Gasteiger partial charge is 0.237 e. The highest BCUT2D eigenvalue weighted by Crippen LogP contribution is 2.39. The number of fused-ring (bicyclic) bond motifs is 1. The number of ether oxygens (including phenoxy) is 2. The second-order valence-electron chi connectivity index (χ2n) is 5.71. The molecule has 1 heterocycles. The second kappa shape index (κ2) is 4.66. The average molecular weight is 276 g/mol. The van der Waals surface area contributed by atoms with Gasteiger partial charge >= 0.3 is 0 Å². The molecule has 0 aromatic heterocycles. The minimum atomic E-state index is -0.514. The van der Waals surface area contributed by atoms with Crippen LogP contribution in [0.2, 0.25) is 0 Å². The average Bonchev–Trinajstić information content (AvgIpc) is 3.11. The van der Waals surface area contributed by atoms with Crippen LogP contribution >= 0.6 is 0 Å². The second-order valence-corrected chi connectivity index (χ2v) is 5.71. The van der Waals surface area contributed by atoms with E-state index in [4.69, 9.17) is 15.2 Å². The Hall–Kier alpha value is -1.75. The van der Waals surface area contributed by atoms with E-state index in [2.05, 4.69) is 12.2 Å². The first-order valence-corrected chi connectivity index (χ1v) is 6.95. The maximum Gasteiger partial charge on any atom is 0.237 e. The summed E-state index contributed by atoms with van der Waals surface area (Å²) in [6.45, 7) is 2.62. The Kier molecular flexibility index (Phi) is 3.09. The number of methoxy groups -OCH3 is 1. The van der Waals surface area contributed by atoms with Crippen LogP contribution in [0, 0.1) is 0 Å². The van der Waals surface area contributed by atoms with Crippen LogP contribution in [0.1, 0.15) is 30.9 Å². The number of carbonyl (C=O) groups excluding carboxylic acids is 1. The fourth-order valence-electron chi connectivity index (χ4n) is 2.73. The van der Waals surface area contributed by atoms with Crippen molar-refractivity contribution in [2.24, 2.45) is 5.73 Å². The number of amides is 1. The molecule has 1 unspecified atom stereocenters. The van der Waals surface area contributed by atoms with Gasteiger partial charge in [-0.3, -0.25) is 10.1 Å². The number of nitrogens with two attached hydrogens (primary N) is 1. The number of primary amides is 1. The van der Waals surface area contributed by atoms with Crippen molar-refractivity contribution in [3.8, 4) is 11.5 Å². The summed E-state index contributed by atoms with van der Waals surface area (Å²) in [7, 11) is 1.66. The fourth-order valence-corrected chi connectivity index (χ4v) is 2.73. The third-order valence-corrected chi connectivity index (χ3v) is 4.12. The topological polar surface area (TPSA) is 73.6 Å². The molecule has 5 heteroatoms. The van der Waals surface area contributed by atoms with Gasteiger partial charge in [-0.1, -0.05) is 0 Å². The van der Waals surface area contributed by atoms with Gasteiger partial charge in [0.05, 0.1) is 12.6 Å². The van der Waals surface area contributed by atoms with Crippen LogP contribution < -0.4 is 20.5 Å². The molecule has 1 fully saturated rings. The molecular formula is C15H20N2O3. The molecule has 1 saturated carbocycles. The van der Waals surface area contributed by atoms with Gasteiger partial charge in [0, 0.05) is 24.1 Å². The van der Waals surface area contributed by atoms with Gasteiger partial charge in [-0.25, -0.2) is 0 Å². The Labute approximate surface area is 118 Å². The predicted octanol–water partition coefficient (Wildman–Crippen LogP) is 1.13. The van der Waals surface area contributed by atoms with E-state index < -0.39 is 5.54 Å². The summed E-state index contributed by atoms with van der Waals surface area (Å²) >= 11 is 0. The van der Waals surface area contributed by atoms with Crippen LogP contribution in [-0.2, 0) is 17.8 Å². The van der Waals surface area contributed by atoms with Gasteiger partial charge in [-0.05, 0) is 31.9 Å². The molecule has 1 aromatic carbocycles. The summed E-state index contributed by atoms with van der Waals surface area (Å²) in [5.74, 6) is 1.47. The van der Waals surface area contributed by atoms with E-state index >= 15 is 0 Å². The van der Waals surface area contributed by atoms with Crippen LogP contribution in [0.5, 0.6) is 11.5 Å². The highest BCUT2D eigenvalue weighted by molar-refractivity contribution is 5.87. The largest absolute Gasteiger partial charge is 0.497 e. The van der Waals surface area contributed by atoms with E-state index in [0.29, 0.717) is 6.54 Å². The maximum absolute atomic E-state index is 11.4. The van der Waals surface area contributed by atoms with Gasteiger partial charge in [0.15, 0.2) is 0 Å². The molecule has 1 aromatic rings. The van der Waals surface area contributed by atoms with Gasteiger partial charge in [-0.15, -0.1) is 0 Å². The first-order chi connectivity index (χ1) is 9.54. The zero-order valence-electron chi connectivity index (χ0n) is 11.9. The summed E-state index contributed by atoms with van der Waals surface area (Å²) in [5, 5.41) is 3.27. The number of rotatable bonds is 5. The van der Waals surface area contributed by atoms with E-state index in [1.807, 2.05) is 12.1 Å². The Morgan fingerprint density at radius 3 is 2.90 bits per heavy atom. The number of nitrogens with one attached hydrogen (secondary N) is 1. The molecule has 1 atom stereocenters. The zero-order chi connectivity index (χ0) is 14.3. The molecule has 0 bridgehead atoms. The monoisotopic (exact) mass is 276 g/mol. The molecule has 108 valence electrons. The molecule has 1 amide bonds. The minimum absolute atomic E-state index is 0.182. The molecule has 0 saturated heterocycles. The molecule has 20 heavy (non-hydrogen) atoms. The minimum Gasteiger partial charge on any atom is -0.497 e. The number of hydrogen-bond acceptors (Lipinski definition) is 4. The molecule has 1 aliphatic heterocycles. The first kappa shape index (κ1) is 13.2. The van der Waals surface area contributed by atoms with Gasteiger partial charge in [0.1, 0.15) is 17.6 Å². The Morgan fingerprint density at radius 2 is 2.30 bits per heavy atom. The molecule has 3 rings (SSSR count). The lowest BCUT2D eigenvalue weighted by Crippen LogP contribution is -2.43. The van der Waals surface area contributed by atoms with E-state index in [1.54, 1.807) is 7.11 Å². The molecule has 0 radical (unpaired) electrons. The van der Waals surface area contributed by atoms with Gasteiger partial charge in [0.25, 0.3) is 0 Å². The summed E-state index contributed by atoms with van der Waals surface area (Å²) in [4.78, 5) is 11.4. The third kappa shape index (κ3) is 2.22. The third-order valence-electron chi connectivity index (χ3n) is 4.12. The van der Waals surface area contributed by atoms with Gasteiger partial charge < -0.3 is 15.2 Å². The van der Waals surface area contributed by atoms with Crippen molar-refractivity contribution in [2.45, 2.75) is 44.4 Å². The highest BCUT2D eigenvalue weighted by atomic mass is 16.5. The van der Waals surface area contributed by atoms with E-state index in [9.17, 15) is 4.79 Å². The van der Waals surface area contributed by atoms with E-state index in [1.165, 1.54) is 0 Å². The van der Waals surface area contributed by atoms with Crippen molar-refractivity contribution in [1.29, 1.82) is 0 Å². The van der Waals surface area contributed by atoms with Crippen molar-refractivity contribution in [3.63, 3.8) is 0 Å². The zero-order valence-corrected chi connectivity index (χ0v) is 11.9. The van der Waals surface area contributed by atoms with Crippen LogP contribution in [0.15, 0.2) is 12.1 Å². The quantitative estimate of drug-likeness (QED) is 0.845. The van der Waals surface area contributed by atoms with Crippen molar-refractivity contribution in [2.75, 3.05) is 7.11 Å². The lowest BCUT2D eigenvalue weighted by Gasteiger charge is -2.16. The fraction of sp³-hybridized carbons (Fsp3) is 0.533. The summed E-state index contributed by atoms with van der Waals surface area (Å²) in [5.41, 5.74) is 7.11. The molecule has 5 nitrogen and oxygen atoms in total. The molecule has 1 aliphatic carbocycles. The van der Waals surface area contributed by atoms with Crippen LogP contribution in [0.3, 0.4) is 0 Å². The highest BCUT2D eigenvalue weighted by Gasteiger charge is 2.48. The van der Waals surface area contributed by atoms with Crippen molar-refractivity contribution in [1.82, 2.24) is 5.32 Å². The van der Waals surface area contributed by atoms with Crippen LogP contribution in [-0.4, -0.2) is 24.7 Å². The molecule has 0 spiro atoms. The Bertz CT molecular complexity index is 552. The molecule has 3 N–H and O–H groups in total. The SMILES string of the molecule is COc1cc(CNC2(C(N)=O)CC2)c2c(c1)CC(C)O2. The number of hydrogen-bond donors (Lipinski definition) is 2. The van der Waals surface area contributed by atoms with E-state index in [-0.39, 0.29) is 12.0 Å². The lowest BCUT2D eigenvalue weighted by atomic mass is 10.1. The van der Waals surface area contributed by atoms with Crippen LogP contribution in [0.25, 0.3) is 0 Å². The molecular weight excluding hydrogens is 256 g/mol.